The summed E-state index contributed by atoms with van der Waals surface area (Å²) in [5.41, 5.74) is 0.314. The van der Waals surface area contributed by atoms with Crippen molar-refractivity contribution in [1.29, 1.82) is 0 Å². The number of anilines is 1. The lowest BCUT2D eigenvalue weighted by molar-refractivity contribution is 0.0720. The molecule has 0 aliphatic carbocycles. The molecule has 0 radical (unpaired) electrons. The van der Waals surface area contributed by atoms with Crippen LogP contribution in [0.25, 0.3) is 11.4 Å². The van der Waals surface area contributed by atoms with Gasteiger partial charge >= 0.3 is 12.6 Å². The Morgan fingerprint density at radius 2 is 2.04 bits per heavy atom. The number of halogens is 2. The van der Waals surface area contributed by atoms with Crippen molar-refractivity contribution in [2.24, 2.45) is 0 Å². The van der Waals surface area contributed by atoms with Gasteiger partial charge in [0.25, 0.3) is 0 Å². The maximum absolute atomic E-state index is 12.9. The van der Waals surface area contributed by atoms with E-state index in [9.17, 15) is 18.7 Å². The third-order valence-electron chi connectivity index (χ3n) is 3.82. The summed E-state index contributed by atoms with van der Waals surface area (Å²) in [5.74, 6) is 0.153. The van der Waals surface area contributed by atoms with Gasteiger partial charge in [0.1, 0.15) is 5.82 Å². The molecule has 8 heteroatoms. The lowest BCUT2D eigenvalue weighted by Gasteiger charge is -2.27. The van der Waals surface area contributed by atoms with Crippen LogP contribution < -0.4 is 10.6 Å². The van der Waals surface area contributed by atoms with Gasteiger partial charge in [-0.15, -0.1) is 0 Å². The lowest BCUT2D eigenvalue weighted by Crippen LogP contribution is -2.50. The molecule has 6 nitrogen and oxygen atoms in total. The zero-order chi connectivity index (χ0) is 17.7. The minimum Gasteiger partial charge on any atom is -0.394 e. The molecule has 0 bridgehead atoms. The smallest absolute Gasteiger partial charge is 0.320 e. The Hall–Kier alpha value is -2.48. The van der Waals surface area contributed by atoms with E-state index in [0.717, 1.165) is 4.57 Å². The molecule has 0 spiro atoms. The van der Waals surface area contributed by atoms with E-state index in [-0.39, 0.29) is 12.4 Å². The van der Waals surface area contributed by atoms with Crippen LogP contribution in [0.5, 0.6) is 0 Å². The van der Waals surface area contributed by atoms with E-state index >= 15 is 0 Å². The minimum atomic E-state index is -2.67. The van der Waals surface area contributed by atoms with Gasteiger partial charge in [0.15, 0.2) is 0 Å². The maximum Gasteiger partial charge on any atom is 0.320 e. The van der Waals surface area contributed by atoms with Gasteiger partial charge in [0, 0.05) is 23.6 Å². The second kappa shape index (κ2) is 7.39. The first-order chi connectivity index (χ1) is 11.4. The fourth-order valence-corrected chi connectivity index (χ4v) is 2.07. The van der Waals surface area contributed by atoms with E-state index < -0.39 is 18.1 Å². The molecule has 3 N–H and O–H groups in total. The molecule has 0 aliphatic rings. The van der Waals surface area contributed by atoms with Gasteiger partial charge in [0.05, 0.1) is 12.1 Å². The summed E-state index contributed by atoms with van der Waals surface area (Å²) in [6.07, 6.45) is 3.09. The second-order valence-corrected chi connectivity index (χ2v) is 5.66. The molecule has 0 saturated carbocycles. The summed E-state index contributed by atoms with van der Waals surface area (Å²) in [5, 5.41) is 14.6. The number of rotatable bonds is 6. The maximum atomic E-state index is 12.9. The molecule has 1 heterocycles. The number of hydrogen-bond acceptors (Lipinski definition) is 3. The first-order valence-corrected chi connectivity index (χ1v) is 7.50. The van der Waals surface area contributed by atoms with E-state index in [1.54, 1.807) is 31.2 Å². The number of hydrogen-bond donors (Lipinski definition) is 3. The molecule has 1 aromatic carbocycles. The summed E-state index contributed by atoms with van der Waals surface area (Å²) in [7, 11) is 0. The number of carbonyl (C=O) groups excluding carboxylic acids is 1. The first-order valence-electron chi connectivity index (χ1n) is 7.50. The summed E-state index contributed by atoms with van der Waals surface area (Å²) >= 11 is 0. The van der Waals surface area contributed by atoms with Crippen LogP contribution in [0.1, 0.15) is 26.8 Å². The Labute approximate surface area is 138 Å². The number of carbonyl (C=O) groups is 1. The summed E-state index contributed by atoms with van der Waals surface area (Å²) < 4.78 is 26.5. The molecule has 2 amide bonds. The van der Waals surface area contributed by atoms with Crippen LogP contribution in [0.4, 0.5) is 19.3 Å². The normalized spacial score (nSPS) is 13.6. The molecular weight excluding hydrogens is 318 g/mol. The number of amides is 2. The molecule has 2 rings (SSSR count). The Morgan fingerprint density at radius 3 is 2.58 bits per heavy atom. The summed E-state index contributed by atoms with van der Waals surface area (Å²) in [4.78, 5) is 15.9. The van der Waals surface area contributed by atoms with Crippen molar-refractivity contribution >= 4 is 11.7 Å². The van der Waals surface area contributed by atoms with Gasteiger partial charge in [0.2, 0.25) is 0 Å². The van der Waals surface area contributed by atoms with Crippen molar-refractivity contribution in [3.05, 3.63) is 36.7 Å². The number of imidazole rings is 1. The van der Waals surface area contributed by atoms with Crippen LogP contribution in [-0.2, 0) is 0 Å². The van der Waals surface area contributed by atoms with E-state index in [1.807, 2.05) is 6.92 Å². The SMILES string of the molecule is CC[C@@](C)(CO)NC(=O)Nc1ccc(-c2nccn2C(F)F)cc1. The highest BCUT2D eigenvalue weighted by atomic mass is 19.3. The summed E-state index contributed by atoms with van der Waals surface area (Å²) in [6, 6.07) is 5.95. The Kier molecular flexibility index (Phi) is 5.50. The monoisotopic (exact) mass is 338 g/mol. The van der Waals surface area contributed by atoms with Crippen molar-refractivity contribution in [3.8, 4) is 11.4 Å². The van der Waals surface area contributed by atoms with Gasteiger partial charge in [-0.1, -0.05) is 6.92 Å². The number of alkyl halides is 2. The molecule has 2 aromatic rings. The van der Waals surface area contributed by atoms with Crippen LogP contribution in [0.15, 0.2) is 36.7 Å². The van der Waals surface area contributed by atoms with Crippen molar-refractivity contribution in [3.63, 3.8) is 0 Å². The number of nitrogens with zero attached hydrogens (tertiary/aromatic N) is 2. The van der Waals surface area contributed by atoms with Gasteiger partial charge < -0.3 is 15.7 Å². The molecule has 24 heavy (non-hydrogen) atoms. The fraction of sp³-hybridized carbons (Fsp3) is 0.375. The zero-order valence-corrected chi connectivity index (χ0v) is 13.5. The fourth-order valence-electron chi connectivity index (χ4n) is 2.07. The predicted octanol–water partition coefficient (Wildman–Crippen LogP) is 3.23. The lowest BCUT2D eigenvalue weighted by atomic mass is 10.0. The number of benzene rings is 1. The quantitative estimate of drug-likeness (QED) is 0.756. The van der Waals surface area contributed by atoms with Crippen molar-refractivity contribution in [2.75, 3.05) is 11.9 Å². The van der Waals surface area contributed by atoms with Crippen molar-refractivity contribution < 1.29 is 18.7 Å². The zero-order valence-electron chi connectivity index (χ0n) is 13.5. The largest absolute Gasteiger partial charge is 0.394 e. The minimum absolute atomic E-state index is 0.153. The number of aromatic nitrogens is 2. The standard InChI is InChI=1S/C16H20F2N4O2/c1-3-16(2,10-23)21-15(24)20-12-6-4-11(5-7-12)13-19-8-9-22(13)14(17)18/h4-9,14,23H,3,10H2,1-2H3,(H2,20,21,24)/t16-/m0/s1. The highest BCUT2D eigenvalue weighted by Crippen LogP contribution is 2.24. The van der Waals surface area contributed by atoms with Crippen LogP contribution in [0, 0.1) is 0 Å². The molecule has 0 saturated heterocycles. The number of aliphatic hydroxyl groups excluding tert-OH is 1. The highest BCUT2D eigenvalue weighted by molar-refractivity contribution is 5.90. The van der Waals surface area contributed by atoms with Gasteiger partial charge in [-0.05, 0) is 37.6 Å². The topological polar surface area (TPSA) is 79.2 Å². The van der Waals surface area contributed by atoms with Gasteiger partial charge in [-0.2, -0.15) is 8.78 Å². The molecular formula is C16H20F2N4O2. The van der Waals surface area contributed by atoms with Crippen molar-refractivity contribution in [1.82, 2.24) is 14.9 Å². The van der Waals surface area contributed by atoms with E-state index in [1.165, 1.54) is 12.4 Å². The van der Waals surface area contributed by atoms with Crippen molar-refractivity contribution in [2.45, 2.75) is 32.4 Å². The molecule has 0 fully saturated rings. The number of nitrogens with one attached hydrogen (secondary N) is 2. The summed E-state index contributed by atoms with van der Waals surface area (Å²) in [6.45, 7) is 0.749. The number of urea groups is 1. The van der Waals surface area contributed by atoms with Gasteiger partial charge in [-0.3, -0.25) is 4.57 Å². The van der Waals surface area contributed by atoms with E-state index in [2.05, 4.69) is 15.6 Å². The van der Waals surface area contributed by atoms with E-state index in [0.29, 0.717) is 17.7 Å². The average molecular weight is 338 g/mol. The Balaban J connectivity index is 2.07. The van der Waals surface area contributed by atoms with Crippen LogP contribution in [0.3, 0.4) is 0 Å². The predicted molar refractivity (Wildman–Crippen MR) is 86.9 cm³/mol. The van der Waals surface area contributed by atoms with E-state index in [4.69, 9.17) is 0 Å². The highest BCUT2D eigenvalue weighted by Gasteiger charge is 2.23. The van der Waals surface area contributed by atoms with Crippen LogP contribution in [0.2, 0.25) is 0 Å². The Bertz CT molecular complexity index is 682. The average Bonchev–Trinajstić information content (AvgIpc) is 3.05. The third-order valence-corrected chi connectivity index (χ3v) is 3.82. The molecule has 130 valence electrons. The first kappa shape index (κ1) is 17.9. The molecule has 0 unspecified atom stereocenters. The van der Waals surface area contributed by atoms with Crippen LogP contribution >= 0.6 is 0 Å². The second-order valence-electron chi connectivity index (χ2n) is 5.66. The molecule has 1 atom stereocenters. The Morgan fingerprint density at radius 1 is 1.38 bits per heavy atom. The van der Waals surface area contributed by atoms with Gasteiger partial charge in [-0.25, -0.2) is 9.78 Å². The molecule has 0 aliphatic heterocycles. The van der Waals surface area contributed by atoms with Crippen LogP contribution in [-0.4, -0.2) is 32.8 Å². The third kappa shape index (κ3) is 4.08. The number of aliphatic hydroxyl groups is 1. The molecule has 1 aromatic heterocycles.